The molecule has 4 amide bonds. The van der Waals surface area contributed by atoms with Crippen LogP contribution in [0.25, 0.3) is 0 Å². The van der Waals surface area contributed by atoms with E-state index < -0.39 is 12.1 Å². The summed E-state index contributed by atoms with van der Waals surface area (Å²) in [4.78, 5) is 41.1. The van der Waals surface area contributed by atoms with Crippen LogP contribution in [0.2, 0.25) is 0 Å². The van der Waals surface area contributed by atoms with Gasteiger partial charge in [0, 0.05) is 25.0 Å². The highest BCUT2D eigenvalue weighted by atomic mass is 16.2. The first-order valence-corrected chi connectivity index (χ1v) is 7.73. The Morgan fingerprint density at radius 1 is 1.39 bits per heavy atom. The van der Waals surface area contributed by atoms with Crippen molar-refractivity contribution in [1.82, 2.24) is 20.5 Å². The van der Waals surface area contributed by atoms with E-state index in [1.54, 1.807) is 6.20 Å². The Bertz CT molecular complexity index is 630. The van der Waals surface area contributed by atoms with Gasteiger partial charge in [-0.05, 0) is 37.5 Å². The molecule has 1 aliphatic heterocycles. The number of pyridine rings is 1. The van der Waals surface area contributed by atoms with Crippen molar-refractivity contribution in [1.29, 1.82) is 0 Å². The third kappa shape index (κ3) is 4.06. The summed E-state index contributed by atoms with van der Waals surface area (Å²) in [6.45, 7) is 6.48. The highest BCUT2D eigenvalue weighted by Gasteiger charge is 2.38. The predicted octanol–water partition coefficient (Wildman–Crippen LogP) is 1.04. The van der Waals surface area contributed by atoms with E-state index in [9.17, 15) is 14.4 Å². The maximum absolute atomic E-state index is 12.1. The lowest BCUT2D eigenvalue weighted by Gasteiger charge is -2.12. The van der Waals surface area contributed by atoms with Gasteiger partial charge in [0.25, 0.3) is 5.91 Å². The van der Waals surface area contributed by atoms with Gasteiger partial charge in [0.2, 0.25) is 5.91 Å². The van der Waals surface area contributed by atoms with Gasteiger partial charge in [-0.3, -0.25) is 19.5 Å². The fourth-order valence-electron chi connectivity index (χ4n) is 2.51. The van der Waals surface area contributed by atoms with Gasteiger partial charge in [-0.1, -0.05) is 6.92 Å². The van der Waals surface area contributed by atoms with E-state index in [0.717, 1.165) is 21.7 Å². The van der Waals surface area contributed by atoms with Gasteiger partial charge in [0.15, 0.2) is 0 Å². The van der Waals surface area contributed by atoms with Gasteiger partial charge < -0.3 is 10.6 Å². The van der Waals surface area contributed by atoms with Crippen LogP contribution in [0, 0.1) is 13.8 Å². The summed E-state index contributed by atoms with van der Waals surface area (Å²) in [5, 5.41) is 5.32. The number of urea groups is 1. The topological polar surface area (TPSA) is 91.4 Å². The van der Waals surface area contributed by atoms with Crippen LogP contribution >= 0.6 is 0 Å². The molecule has 1 aliphatic rings. The Morgan fingerprint density at radius 3 is 2.78 bits per heavy atom. The second-order valence-electron chi connectivity index (χ2n) is 5.72. The SMILES string of the molecule is CCCN1C(=O)N[C@@H](CC(=O)NCc2cnc(C)cc2C)C1=O. The van der Waals surface area contributed by atoms with Crippen molar-refractivity contribution in [3.05, 3.63) is 29.1 Å². The number of carbonyl (C=O) groups is 3. The summed E-state index contributed by atoms with van der Waals surface area (Å²) in [5.74, 6) is -0.609. The fourth-order valence-corrected chi connectivity index (χ4v) is 2.51. The minimum Gasteiger partial charge on any atom is -0.352 e. The van der Waals surface area contributed by atoms with Crippen LogP contribution in [0.1, 0.15) is 36.6 Å². The van der Waals surface area contributed by atoms with Crippen LogP contribution in [-0.4, -0.2) is 40.3 Å². The van der Waals surface area contributed by atoms with Crippen molar-refractivity contribution in [2.45, 2.75) is 46.2 Å². The van der Waals surface area contributed by atoms with Crippen LogP contribution in [0.4, 0.5) is 4.79 Å². The lowest BCUT2D eigenvalue weighted by Crippen LogP contribution is -2.36. The summed E-state index contributed by atoms with van der Waals surface area (Å²) >= 11 is 0. The van der Waals surface area contributed by atoms with Crippen LogP contribution in [0.5, 0.6) is 0 Å². The molecule has 0 spiro atoms. The van der Waals surface area contributed by atoms with E-state index >= 15 is 0 Å². The summed E-state index contributed by atoms with van der Waals surface area (Å²) in [6, 6.07) is 0.754. The number of aromatic nitrogens is 1. The molecule has 1 saturated heterocycles. The molecule has 0 radical (unpaired) electrons. The number of aryl methyl sites for hydroxylation is 2. The molecule has 0 aliphatic carbocycles. The van der Waals surface area contributed by atoms with E-state index in [-0.39, 0.29) is 18.2 Å². The van der Waals surface area contributed by atoms with Crippen molar-refractivity contribution in [3.63, 3.8) is 0 Å². The minimum atomic E-state index is -0.772. The van der Waals surface area contributed by atoms with E-state index in [1.165, 1.54) is 0 Å². The molecule has 1 aromatic heterocycles. The van der Waals surface area contributed by atoms with Gasteiger partial charge >= 0.3 is 6.03 Å². The smallest absolute Gasteiger partial charge is 0.324 e. The van der Waals surface area contributed by atoms with Gasteiger partial charge in [0.05, 0.1) is 6.42 Å². The zero-order valence-electron chi connectivity index (χ0n) is 13.7. The summed E-state index contributed by atoms with van der Waals surface area (Å²) in [6.07, 6.45) is 2.37. The summed E-state index contributed by atoms with van der Waals surface area (Å²) in [5.41, 5.74) is 2.91. The Morgan fingerprint density at radius 2 is 2.13 bits per heavy atom. The number of nitrogens with one attached hydrogen (secondary N) is 2. The molecule has 0 aromatic carbocycles. The van der Waals surface area contributed by atoms with E-state index in [1.807, 2.05) is 26.8 Å². The summed E-state index contributed by atoms with van der Waals surface area (Å²) < 4.78 is 0. The molecule has 23 heavy (non-hydrogen) atoms. The monoisotopic (exact) mass is 318 g/mol. The van der Waals surface area contributed by atoms with Crippen molar-refractivity contribution in [3.8, 4) is 0 Å². The van der Waals surface area contributed by atoms with Crippen LogP contribution in [0.15, 0.2) is 12.3 Å². The number of rotatable bonds is 6. The largest absolute Gasteiger partial charge is 0.352 e. The number of nitrogens with zero attached hydrogens (tertiary/aromatic N) is 2. The Hall–Kier alpha value is -2.44. The van der Waals surface area contributed by atoms with Gasteiger partial charge in [-0.25, -0.2) is 4.79 Å². The Labute approximate surface area is 135 Å². The van der Waals surface area contributed by atoms with Crippen molar-refractivity contribution >= 4 is 17.8 Å². The molecule has 7 heteroatoms. The Balaban J connectivity index is 1.88. The van der Waals surface area contributed by atoms with Gasteiger partial charge in [-0.15, -0.1) is 0 Å². The first-order chi connectivity index (χ1) is 10.9. The molecule has 1 aromatic rings. The molecular weight excluding hydrogens is 296 g/mol. The van der Waals surface area contributed by atoms with Crippen LogP contribution < -0.4 is 10.6 Å². The highest BCUT2D eigenvalue weighted by molar-refractivity contribution is 6.05. The maximum Gasteiger partial charge on any atom is 0.324 e. The van der Waals surface area contributed by atoms with Gasteiger partial charge in [0.1, 0.15) is 6.04 Å². The normalized spacial score (nSPS) is 17.3. The molecular formula is C16H22N4O3. The van der Waals surface area contributed by atoms with Crippen LogP contribution in [0.3, 0.4) is 0 Å². The molecule has 0 unspecified atom stereocenters. The first kappa shape index (κ1) is 16.9. The predicted molar refractivity (Wildman–Crippen MR) is 84.5 cm³/mol. The van der Waals surface area contributed by atoms with Gasteiger partial charge in [-0.2, -0.15) is 0 Å². The fraction of sp³-hybridized carbons (Fsp3) is 0.500. The minimum absolute atomic E-state index is 0.0525. The zero-order valence-corrected chi connectivity index (χ0v) is 13.7. The first-order valence-electron chi connectivity index (χ1n) is 7.73. The summed E-state index contributed by atoms with van der Waals surface area (Å²) in [7, 11) is 0. The zero-order chi connectivity index (χ0) is 17.0. The number of imide groups is 1. The lowest BCUT2D eigenvalue weighted by atomic mass is 10.1. The average Bonchev–Trinajstić information content (AvgIpc) is 2.74. The standard InChI is InChI=1S/C16H22N4O3/c1-4-5-20-15(22)13(19-16(20)23)7-14(21)18-9-12-8-17-11(3)6-10(12)2/h6,8,13H,4-5,7,9H2,1-3H3,(H,18,21)(H,19,23)/t13-/m0/s1. The second-order valence-corrected chi connectivity index (χ2v) is 5.72. The second kappa shape index (κ2) is 7.21. The van der Waals surface area contributed by atoms with E-state index in [0.29, 0.717) is 19.5 Å². The lowest BCUT2D eigenvalue weighted by molar-refractivity contribution is -0.130. The number of hydrogen-bond donors (Lipinski definition) is 2. The van der Waals surface area contributed by atoms with Crippen molar-refractivity contribution in [2.75, 3.05) is 6.54 Å². The molecule has 7 nitrogen and oxygen atoms in total. The van der Waals surface area contributed by atoms with E-state index in [4.69, 9.17) is 0 Å². The molecule has 124 valence electrons. The third-order valence-electron chi connectivity index (χ3n) is 3.78. The molecule has 2 rings (SSSR count). The van der Waals surface area contributed by atoms with Crippen molar-refractivity contribution < 1.29 is 14.4 Å². The molecule has 1 fully saturated rings. The molecule has 2 N–H and O–H groups in total. The molecule has 2 heterocycles. The third-order valence-corrected chi connectivity index (χ3v) is 3.78. The molecule has 1 atom stereocenters. The Kier molecular flexibility index (Phi) is 5.31. The number of carbonyl (C=O) groups excluding carboxylic acids is 3. The quantitative estimate of drug-likeness (QED) is 0.767. The molecule has 0 bridgehead atoms. The number of amides is 4. The average molecular weight is 318 g/mol. The van der Waals surface area contributed by atoms with Crippen LogP contribution in [-0.2, 0) is 16.1 Å². The molecule has 0 saturated carbocycles. The maximum atomic E-state index is 12.1. The van der Waals surface area contributed by atoms with E-state index in [2.05, 4.69) is 15.6 Å². The number of hydrogen-bond acceptors (Lipinski definition) is 4. The highest BCUT2D eigenvalue weighted by Crippen LogP contribution is 2.11. The van der Waals surface area contributed by atoms with Crippen molar-refractivity contribution in [2.24, 2.45) is 0 Å².